The Morgan fingerprint density at radius 1 is 0.565 bits per heavy atom. The topological polar surface area (TPSA) is 68.2 Å². The summed E-state index contributed by atoms with van der Waals surface area (Å²) in [5, 5.41) is 0. The monoisotopic (exact) mass is 370 g/mol. The average molecular weight is 370 g/mol. The molecule has 5 nitrogen and oxygen atoms in total. The Bertz CT molecular complexity index is 213. The lowest BCUT2D eigenvalue weighted by molar-refractivity contribution is 0.215. The van der Waals surface area contributed by atoms with Gasteiger partial charge in [0.1, 0.15) is 0 Å². The molecule has 0 heterocycles. The van der Waals surface area contributed by atoms with Crippen molar-refractivity contribution in [1.82, 2.24) is 0 Å². The van der Waals surface area contributed by atoms with Crippen molar-refractivity contribution in [1.29, 1.82) is 0 Å². The van der Waals surface area contributed by atoms with Gasteiger partial charge in [0, 0.05) is 0 Å². The first-order valence-corrected chi connectivity index (χ1v) is 11.4. The molecule has 7 heteroatoms. The van der Waals surface area contributed by atoms with Crippen molar-refractivity contribution in [2.75, 3.05) is 13.2 Å². The second kappa shape index (κ2) is 19.0. The summed E-state index contributed by atoms with van der Waals surface area (Å²) in [4.78, 5) is 19.1. The van der Waals surface area contributed by atoms with Gasteiger partial charge in [-0.25, -0.2) is 4.31 Å². The predicted octanol–water partition coefficient (Wildman–Crippen LogP) is 6.20. The molecular formula is C16H36O5P2. The quantitative estimate of drug-likeness (QED) is 0.222. The lowest BCUT2D eigenvalue weighted by Gasteiger charge is -2.14. The first-order valence-electron chi connectivity index (χ1n) is 9.12. The van der Waals surface area contributed by atoms with E-state index >= 15 is 0 Å². The number of hydrogen-bond acceptors (Lipinski definition) is 5. The Morgan fingerprint density at radius 3 is 1.30 bits per heavy atom. The van der Waals surface area contributed by atoms with Crippen LogP contribution in [-0.2, 0) is 13.4 Å². The summed E-state index contributed by atoms with van der Waals surface area (Å²) in [5.41, 5.74) is 0. The summed E-state index contributed by atoms with van der Waals surface area (Å²) < 4.78 is 15.3. The third kappa shape index (κ3) is 18.8. The summed E-state index contributed by atoms with van der Waals surface area (Å²) in [6.45, 7) is 5.33. The highest BCUT2D eigenvalue weighted by atomic mass is 31.2. The fourth-order valence-electron chi connectivity index (χ4n) is 2.16. The molecule has 0 aromatic carbocycles. The minimum absolute atomic E-state index is 0.467. The molecule has 2 unspecified atom stereocenters. The highest BCUT2D eigenvalue weighted by Gasteiger charge is 2.16. The van der Waals surface area contributed by atoms with Gasteiger partial charge in [0.05, 0.1) is 13.2 Å². The minimum Gasteiger partial charge on any atom is -0.328 e. The van der Waals surface area contributed by atoms with Crippen LogP contribution in [-0.4, -0.2) is 23.0 Å². The molecule has 0 aromatic rings. The summed E-state index contributed by atoms with van der Waals surface area (Å²) in [6, 6.07) is 0. The highest BCUT2D eigenvalue weighted by Crippen LogP contribution is 2.49. The first-order chi connectivity index (χ1) is 11.2. The van der Waals surface area contributed by atoms with Gasteiger partial charge in [-0.3, -0.25) is 0 Å². The van der Waals surface area contributed by atoms with Crippen LogP contribution in [0.1, 0.15) is 90.9 Å². The number of hydrogen-bond donors (Lipinski definition) is 2. The maximum absolute atomic E-state index is 9.56. The van der Waals surface area contributed by atoms with Gasteiger partial charge in [-0.05, 0) is 12.8 Å². The third-order valence-electron chi connectivity index (χ3n) is 3.54. The van der Waals surface area contributed by atoms with Gasteiger partial charge in [-0.2, -0.15) is 0 Å². The molecule has 2 N–H and O–H groups in total. The van der Waals surface area contributed by atoms with E-state index in [1.165, 1.54) is 51.4 Å². The van der Waals surface area contributed by atoms with Gasteiger partial charge in [-0.1, -0.05) is 78.1 Å². The van der Waals surface area contributed by atoms with Gasteiger partial charge in [0.2, 0.25) is 0 Å². The molecular weight excluding hydrogens is 334 g/mol. The Morgan fingerprint density at radius 2 is 0.913 bits per heavy atom. The molecule has 0 radical (unpaired) electrons. The van der Waals surface area contributed by atoms with Crippen LogP contribution in [0, 0.1) is 0 Å². The summed E-state index contributed by atoms with van der Waals surface area (Å²) in [6.07, 6.45) is 14.0. The Kier molecular flexibility index (Phi) is 19.5. The normalized spacial score (nSPS) is 14.1. The molecule has 2 atom stereocenters. The van der Waals surface area contributed by atoms with Crippen LogP contribution >= 0.6 is 17.2 Å². The largest absolute Gasteiger partial charge is 0.337 e. The Labute approximate surface area is 145 Å². The zero-order valence-corrected chi connectivity index (χ0v) is 16.7. The van der Waals surface area contributed by atoms with Gasteiger partial charge in [0.25, 0.3) is 0 Å². The van der Waals surface area contributed by atoms with Crippen molar-refractivity contribution < 1.29 is 23.1 Å². The standard InChI is InChI=1S/C16H36O5P2/c1-3-5-7-9-11-13-15-19-22(17)21-23(18)20-16-14-12-10-8-6-4-2/h17-18H,3-16H2,1-2H3. The van der Waals surface area contributed by atoms with Crippen LogP contribution in [0.25, 0.3) is 0 Å². The van der Waals surface area contributed by atoms with Crippen LogP contribution in [0.15, 0.2) is 0 Å². The zero-order chi connectivity index (χ0) is 17.2. The molecule has 0 aromatic heterocycles. The van der Waals surface area contributed by atoms with Crippen molar-refractivity contribution in [3.63, 3.8) is 0 Å². The predicted molar refractivity (Wildman–Crippen MR) is 98.0 cm³/mol. The average Bonchev–Trinajstić information content (AvgIpc) is 2.53. The highest BCUT2D eigenvalue weighted by molar-refractivity contribution is 7.54. The Hall–Kier alpha value is 0.660. The minimum atomic E-state index is -2.03. The van der Waals surface area contributed by atoms with Crippen molar-refractivity contribution in [2.45, 2.75) is 90.9 Å². The Balaban J connectivity index is 3.32. The van der Waals surface area contributed by atoms with E-state index in [9.17, 15) is 9.79 Å². The zero-order valence-electron chi connectivity index (χ0n) is 14.9. The molecule has 0 fully saturated rings. The van der Waals surface area contributed by atoms with E-state index in [2.05, 4.69) is 13.8 Å². The molecule has 0 bridgehead atoms. The second-order valence-electron chi connectivity index (χ2n) is 5.76. The van der Waals surface area contributed by atoms with E-state index in [0.29, 0.717) is 13.2 Å². The van der Waals surface area contributed by atoms with Crippen molar-refractivity contribution in [3.8, 4) is 0 Å². The molecule has 0 spiro atoms. The second-order valence-corrected chi connectivity index (χ2v) is 7.88. The molecule has 0 aliphatic heterocycles. The van der Waals surface area contributed by atoms with Crippen LogP contribution in [0.2, 0.25) is 0 Å². The van der Waals surface area contributed by atoms with E-state index in [1.807, 2.05) is 0 Å². The summed E-state index contributed by atoms with van der Waals surface area (Å²) in [7, 11) is -4.05. The molecule has 23 heavy (non-hydrogen) atoms. The van der Waals surface area contributed by atoms with Gasteiger partial charge < -0.3 is 18.8 Å². The smallest absolute Gasteiger partial charge is 0.328 e. The van der Waals surface area contributed by atoms with Gasteiger partial charge >= 0.3 is 17.2 Å². The number of unbranched alkanes of at least 4 members (excludes halogenated alkanes) is 10. The maximum Gasteiger partial charge on any atom is 0.337 e. The van der Waals surface area contributed by atoms with E-state index in [0.717, 1.165) is 25.7 Å². The molecule has 140 valence electrons. The van der Waals surface area contributed by atoms with Crippen LogP contribution in [0.5, 0.6) is 0 Å². The molecule has 0 aliphatic rings. The SMILES string of the molecule is CCCCCCCCOP(O)OP(O)OCCCCCCCC. The fourth-order valence-corrected chi connectivity index (χ4v) is 3.58. The van der Waals surface area contributed by atoms with Gasteiger partial charge in [-0.15, -0.1) is 0 Å². The summed E-state index contributed by atoms with van der Waals surface area (Å²) >= 11 is 0. The van der Waals surface area contributed by atoms with Crippen LogP contribution in [0.3, 0.4) is 0 Å². The van der Waals surface area contributed by atoms with E-state index in [-0.39, 0.29) is 0 Å². The van der Waals surface area contributed by atoms with Gasteiger partial charge in [0.15, 0.2) is 0 Å². The number of rotatable bonds is 18. The maximum atomic E-state index is 9.56. The van der Waals surface area contributed by atoms with Crippen molar-refractivity contribution in [2.24, 2.45) is 0 Å². The van der Waals surface area contributed by atoms with E-state index in [1.54, 1.807) is 0 Å². The molecule has 0 amide bonds. The van der Waals surface area contributed by atoms with Crippen LogP contribution < -0.4 is 0 Å². The van der Waals surface area contributed by atoms with Crippen molar-refractivity contribution in [3.05, 3.63) is 0 Å². The summed E-state index contributed by atoms with van der Waals surface area (Å²) in [5.74, 6) is 0. The third-order valence-corrected chi connectivity index (χ3v) is 5.46. The molecule has 0 saturated carbocycles. The lowest BCUT2D eigenvalue weighted by atomic mass is 10.1. The lowest BCUT2D eigenvalue weighted by Crippen LogP contribution is -1.94. The van der Waals surface area contributed by atoms with Crippen LogP contribution in [0.4, 0.5) is 0 Å². The molecule has 0 saturated heterocycles. The molecule has 0 aliphatic carbocycles. The fraction of sp³-hybridized carbons (Fsp3) is 1.00. The molecule has 0 rings (SSSR count). The van der Waals surface area contributed by atoms with E-state index in [4.69, 9.17) is 13.4 Å². The van der Waals surface area contributed by atoms with Crippen molar-refractivity contribution >= 4 is 17.2 Å². The van der Waals surface area contributed by atoms with E-state index < -0.39 is 17.2 Å². The first kappa shape index (κ1) is 23.7.